The van der Waals surface area contributed by atoms with E-state index < -0.39 is 5.97 Å². The Morgan fingerprint density at radius 1 is 1.17 bits per heavy atom. The maximum atomic E-state index is 12.6. The molecule has 0 spiro atoms. The fourth-order valence-electron chi connectivity index (χ4n) is 2.93. The monoisotopic (exact) mass is 454 g/mol. The zero-order valence-electron chi connectivity index (χ0n) is 16.3. The summed E-state index contributed by atoms with van der Waals surface area (Å²) in [6.07, 6.45) is 3.26. The minimum absolute atomic E-state index is 0.262. The second-order valence-electron chi connectivity index (χ2n) is 6.31. The Kier molecular flexibility index (Phi) is 6.08. The van der Waals surface area contributed by atoms with E-state index in [4.69, 9.17) is 9.72 Å². The largest absolute Gasteiger partial charge is 0.462 e. The van der Waals surface area contributed by atoms with E-state index >= 15 is 0 Å². The first-order valence-electron chi connectivity index (χ1n) is 9.26. The average molecular weight is 455 g/mol. The summed E-state index contributed by atoms with van der Waals surface area (Å²) in [6, 6.07) is 11.7. The van der Waals surface area contributed by atoms with Crippen LogP contribution in [0.5, 0.6) is 0 Å². The van der Waals surface area contributed by atoms with Crippen LogP contribution in [-0.4, -0.2) is 23.5 Å². The Bertz CT molecular complexity index is 1200. The van der Waals surface area contributed by atoms with Crippen LogP contribution in [-0.2, 0) is 9.53 Å². The number of hydrogen-bond acceptors (Lipinski definition) is 7. The Hall–Kier alpha value is -2.81. The Morgan fingerprint density at radius 3 is 2.73 bits per heavy atom. The van der Waals surface area contributed by atoms with Crippen molar-refractivity contribution < 1.29 is 14.3 Å². The van der Waals surface area contributed by atoms with E-state index in [9.17, 15) is 9.59 Å². The normalized spacial score (nSPS) is 11.3. The van der Waals surface area contributed by atoms with Crippen LogP contribution in [0.3, 0.4) is 0 Å². The Morgan fingerprint density at radius 2 is 2.00 bits per heavy atom. The molecular formula is C22H18N2O3S3. The van der Waals surface area contributed by atoms with Gasteiger partial charge < -0.3 is 10.1 Å². The summed E-state index contributed by atoms with van der Waals surface area (Å²) in [5, 5.41) is 6.24. The molecule has 5 nitrogen and oxygen atoms in total. The van der Waals surface area contributed by atoms with Gasteiger partial charge in [0.1, 0.15) is 14.9 Å². The molecule has 0 unspecified atom stereocenters. The number of rotatable bonds is 6. The first-order valence-corrected chi connectivity index (χ1v) is 11.8. The molecule has 0 atom stereocenters. The van der Waals surface area contributed by atoms with Gasteiger partial charge in [0.05, 0.1) is 16.8 Å². The predicted molar refractivity (Wildman–Crippen MR) is 126 cm³/mol. The van der Waals surface area contributed by atoms with Gasteiger partial charge in [0, 0.05) is 16.5 Å². The third-order valence-corrected chi connectivity index (χ3v) is 7.37. The molecule has 0 radical (unpaired) electrons. The first kappa shape index (κ1) is 20.5. The number of ether oxygens (including phenoxy) is 1. The predicted octanol–water partition coefficient (Wildman–Crippen LogP) is 6.22. The lowest BCUT2D eigenvalue weighted by Gasteiger charge is -2.03. The van der Waals surface area contributed by atoms with Gasteiger partial charge in [-0.3, -0.25) is 4.79 Å². The molecule has 152 valence electrons. The van der Waals surface area contributed by atoms with Crippen LogP contribution in [0, 0.1) is 6.92 Å². The lowest BCUT2D eigenvalue weighted by molar-refractivity contribution is -0.111. The number of fused-ring (bicyclic) bond motifs is 1. The molecule has 1 aromatic carbocycles. The van der Waals surface area contributed by atoms with E-state index in [1.54, 1.807) is 24.3 Å². The van der Waals surface area contributed by atoms with Gasteiger partial charge in [-0.2, -0.15) is 0 Å². The highest BCUT2D eigenvalue weighted by Crippen LogP contribution is 2.43. The summed E-state index contributed by atoms with van der Waals surface area (Å²) in [6.45, 7) is 3.92. The Labute approximate surface area is 185 Å². The number of esters is 1. The number of benzene rings is 1. The van der Waals surface area contributed by atoms with Crippen molar-refractivity contribution in [2.45, 2.75) is 13.8 Å². The molecule has 0 saturated heterocycles. The molecule has 3 heterocycles. The molecule has 1 amide bonds. The fraction of sp³-hybridized carbons (Fsp3) is 0.136. The van der Waals surface area contributed by atoms with Crippen LogP contribution in [0.15, 0.2) is 47.9 Å². The summed E-state index contributed by atoms with van der Waals surface area (Å²) in [7, 11) is 0. The SMILES string of the molecule is CCOC(=O)c1sc(NC(=O)/C=C/c2cccs2)c(-c2nc3ccccc3s2)c1C. The van der Waals surface area contributed by atoms with Crippen LogP contribution in [0.25, 0.3) is 26.9 Å². The van der Waals surface area contributed by atoms with Crippen LogP contribution < -0.4 is 5.32 Å². The lowest BCUT2D eigenvalue weighted by Crippen LogP contribution is -2.07. The second-order valence-corrected chi connectivity index (χ2v) is 9.34. The molecule has 4 rings (SSSR count). The molecule has 0 fully saturated rings. The average Bonchev–Trinajstić information content (AvgIpc) is 3.45. The van der Waals surface area contributed by atoms with Crippen molar-refractivity contribution in [3.63, 3.8) is 0 Å². The molecule has 8 heteroatoms. The third-order valence-electron chi connectivity index (χ3n) is 4.29. The van der Waals surface area contributed by atoms with E-state index in [2.05, 4.69) is 5.32 Å². The van der Waals surface area contributed by atoms with Crippen molar-refractivity contribution in [1.82, 2.24) is 4.98 Å². The van der Waals surface area contributed by atoms with Crippen LogP contribution >= 0.6 is 34.0 Å². The van der Waals surface area contributed by atoms with Gasteiger partial charge in [0.15, 0.2) is 0 Å². The number of nitrogens with zero attached hydrogens (tertiary/aromatic N) is 1. The maximum Gasteiger partial charge on any atom is 0.348 e. The van der Waals surface area contributed by atoms with Crippen LogP contribution in [0.4, 0.5) is 5.00 Å². The third kappa shape index (κ3) is 4.21. The smallest absolute Gasteiger partial charge is 0.348 e. The lowest BCUT2D eigenvalue weighted by atomic mass is 10.1. The highest BCUT2D eigenvalue weighted by atomic mass is 32.1. The van der Waals surface area contributed by atoms with E-state index in [-0.39, 0.29) is 12.5 Å². The molecule has 0 aliphatic carbocycles. The summed E-state index contributed by atoms with van der Waals surface area (Å²) < 4.78 is 6.25. The number of para-hydroxylation sites is 1. The first-order chi connectivity index (χ1) is 14.6. The number of nitrogens with one attached hydrogen (secondary N) is 1. The number of thiophene rings is 2. The van der Waals surface area contributed by atoms with Gasteiger partial charge in [-0.05, 0) is 49.1 Å². The van der Waals surface area contributed by atoms with Crippen molar-refractivity contribution in [3.05, 3.63) is 63.2 Å². The van der Waals surface area contributed by atoms with E-state index in [0.717, 1.165) is 31.2 Å². The van der Waals surface area contributed by atoms with Gasteiger partial charge in [-0.25, -0.2) is 9.78 Å². The molecule has 0 bridgehead atoms. The number of amides is 1. The number of carbonyl (C=O) groups is 2. The van der Waals surface area contributed by atoms with Gasteiger partial charge in [-0.15, -0.1) is 34.0 Å². The molecule has 0 aliphatic heterocycles. The second kappa shape index (κ2) is 8.91. The van der Waals surface area contributed by atoms with Crippen molar-refractivity contribution in [3.8, 4) is 10.6 Å². The number of hydrogen-bond donors (Lipinski definition) is 1. The molecule has 3 aromatic heterocycles. The summed E-state index contributed by atoms with van der Waals surface area (Å²) in [4.78, 5) is 31.2. The minimum atomic E-state index is -0.392. The molecule has 0 saturated carbocycles. The molecule has 1 N–H and O–H groups in total. The standard InChI is InChI=1S/C22H18N2O3S3/c1-3-27-22(26)19-13(2)18(20-23-15-8-4-5-9-16(15)29-20)21(30-19)24-17(25)11-10-14-7-6-12-28-14/h4-12H,3H2,1-2H3,(H,24,25)/b11-10+. The van der Waals surface area contributed by atoms with Crippen molar-refractivity contribution in [1.29, 1.82) is 0 Å². The number of aromatic nitrogens is 1. The summed E-state index contributed by atoms with van der Waals surface area (Å²) in [5.74, 6) is -0.653. The van der Waals surface area contributed by atoms with Crippen LogP contribution in [0.2, 0.25) is 0 Å². The molecule has 0 aliphatic rings. The minimum Gasteiger partial charge on any atom is -0.462 e. The van der Waals surface area contributed by atoms with E-state index in [0.29, 0.717) is 9.88 Å². The maximum absolute atomic E-state index is 12.6. The topological polar surface area (TPSA) is 68.3 Å². The quantitative estimate of drug-likeness (QED) is 0.277. The fourth-order valence-corrected chi connectivity index (χ4v) is 5.79. The molecular weight excluding hydrogens is 436 g/mol. The van der Waals surface area contributed by atoms with Gasteiger partial charge in [-0.1, -0.05) is 18.2 Å². The molecule has 4 aromatic rings. The van der Waals surface area contributed by atoms with Crippen LogP contribution in [0.1, 0.15) is 27.0 Å². The number of thiazole rings is 1. The summed E-state index contributed by atoms with van der Waals surface area (Å²) in [5.41, 5.74) is 2.41. The zero-order valence-corrected chi connectivity index (χ0v) is 18.7. The number of carbonyl (C=O) groups excluding carboxylic acids is 2. The van der Waals surface area contributed by atoms with Crippen molar-refractivity contribution in [2.75, 3.05) is 11.9 Å². The Balaban J connectivity index is 1.73. The van der Waals surface area contributed by atoms with Crippen molar-refractivity contribution in [2.24, 2.45) is 0 Å². The molecule has 30 heavy (non-hydrogen) atoms. The highest BCUT2D eigenvalue weighted by molar-refractivity contribution is 7.23. The highest BCUT2D eigenvalue weighted by Gasteiger charge is 2.25. The summed E-state index contributed by atoms with van der Waals surface area (Å²) >= 11 is 4.31. The van der Waals surface area contributed by atoms with Crippen molar-refractivity contribution >= 4 is 67.2 Å². The van der Waals surface area contributed by atoms with Gasteiger partial charge >= 0.3 is 5.97 Å². The van der Waals surface area contributed by atoms with E-state index in [1.807, 2.05) is 48.7 Å². The number of anilines is 1. The van der Waals surface area contributed by atoms with E-state index in [1.165, 1.54) is 28.7 Å². The van der Waals surface area contributed by atoms with Gasteiger partial charge in [0.2, 0.25) is 5.91 Å². The van der Waals surface area contributed by atoms with Gasteiger partial charge in [0.25, 0.3) is 0 Å². The zero-order chi connectivity index (χ0) is 21.1.